The molecule has 0 saturated heterocycles. The number of nitrogens with one attached hydrogen (secondary N) is 1. The Morgan fingerprint density at radius 3 is 2.35 bits per heavy atom. The van der Waals surface area contributed by atoms with Crippen molar-refractivity contribution < 1.29 is 30.8 Å². The van der Waals surface area contributed by atoms with Gasteiger partial charge in [-0.15, -0.1) is 0 Å². The molecule has 1 N–H and O–H groups in total. The van der Waals surface area contributed by atoms with Gasteiger partial charge in [-0.1, -0.05) is 0 Å². The summed E-state index contributed by atoms with van der Waals surface area (Å²) in [4.78, 5) is 14.9. The van der Waals surface area contributed by atoms with Crippen molar-refractivity contribution in [1.82, 2.24) is 9.71 Å². The largest absolute Gasteiger partial charge is 0.284 e. The van der Waals surface area contributed by atoms with Crippen molar-refractivity contribution in [2.24, 2.45) is 0 Å². The van der Waals surface area contributed by atoms with Crippen LogP contribution < -0.4 is 4.72 Å². The number of carbonyl (C=O) groups excluding carboxylic acids is 1. The molecule has 2 aromatic rings. The second kappa shape index (κ2) is 6.32. The van der Waals surface area contributed by atoms with Gasteiger partial charge in [-0.3, -0.25) is 4.79 Å². The van der Waals surface area contributed by atoms with Crippen LogP contribution >= 0.6 is 0 Å². The zero-order valence-electron chi connectivity index (χ0n) is 11.2. The predicted octanol–water partition coefficient (Wildman–Crippen LogP) is 1.69. The standard InChI is InChI=1S/C13H8F4N2O3S/c14-8-2-1-3-18-13(8)23(21,22)19-12(20)5-7-4-10(16)11(17)6-9(7)15/h1-4,6H,5H2,(H,19,20). The highest BCUT2D eigenvalue weighted by molar-refractivity contribution is 7.90. The van der Waals surface area contributed by atoms with Crippen molar-refractivity contribution in [3.8, 4) is 0 Å². The van der Waals surface area contributed by atoms with Gasteiger partial charge in [0.1, 0.15) is 5.82 Å². The van der Waals surface area contributed by atoms with Crippen LogP contribution in [0.4, 0.5) is 17.6 Å². The molecule has 10 heteroatoms. The van der Waals surface area contributed by atoms with Crippen LogP contribution in [0.2, 0.25) is 0 Å². The van der Waals surface area contributed by atoms with E-state index in [0.29, 0.717) is 6.07 Å². The molecule has 0 atom stereocenters. The van der Waals surface area contributed by atoms with E-state index in [2.05, 4.69) is 4.98 Å². The topological polar surface area (TPSA) is 76.1 Å². The Labute approximate surface area is 128 Å². The number of hydrogen-bond acceptors (Lipinski definition) is 4. The van der Waals surface area contributed by atoms with Gasteiger partial charge in [0.2, 0.25) is 10.9 Å². The molecule has 1 aromatic carbocycles. The number of carbonyl (C=O) groups is 1. The molecule has 0 spiro atoms. The normalized spacial score (nSPS) is 11.3. The van der Waals surface area contributed by atoms with E-state index in [4.69, 9.17) is 0 Å². The van der Waals surface area contributed by atoms with E-state index >= 15 is 0 Å². The molecule has 0 fully saturated rings. The zero-order valence-corrected chi connectivity index (χ0v) is 12.0. The second-order valence-electron chi connectivity index (χ2n) is 4.35. The molecular weight excluding hydrogens is 340 g/mol. The maximum atomic E-state index is 13.4. The van der Waals surface area contributed by atoms with Crippen molar-refractivity contribution in [3.63, 3.8) is 0 Å². The fraction of sp³-hybridized carbons (Fsp3) is 0.0769. The van der Waals surface area contributed by atoms with E-state index in [9.17, 15) is 30.8 Å². The van der Waals surface area contributed by atoms with Crippen LogP contribution in [0.1, 0.15) is 5.56 Å². The van der Waals surface area contributed by atoms with Crippen LogP contribution in [0.25, 0.3) is 0 Å². The van der Waals surface area contributed by atoms with E-state index in [1.165, 1.54) is 4.72 Å². The molecule has 0 radical (unpaired) electrons. The number of nitrogens with zero attached hydrogens (tertiary/aromatic N) is 1. The van der Waals surface area contributed by atoms with Crippen LogP contribution in [-0.4, -0.2) is 19.3 Å². The maximum absolute atomic E-state index is 13.4. The molecular formula is C13H8F4N2O3S. The Hall–Kier alpha value is -2.49. The fourth-order valence-electron chi connectivity index (χ4n) is 1.68. The summed E-state index contributed by atoms with van der Waals surface area (Å²) in [5, 5.41) is -1.01. The number of amides is 1. The van der Waals surface area contributed by atoms with E-state index in [1.54, 1.807) is 0 Å². The highest BCUT2D eigenvalue weighted by Crippen LogP contribution is 2.15. The number of benzene rings is 1. The molecule has 0 aliphatic carbocycles. The van der Waals surface area contributed by atoms with Crippen LogP contribution in [0.15, 0.2) is 35.5 Å². The molecule has 0 bridgehead atoms. The van der Waals surface area contributed by atoms with Crippen molar-refractivity contribution in [2.45, 2.75) is 11.4 Å². The van der Waals surface area contributed by atoms with Crippen LogP contribution in [0, 0.1) is 23.3 Å². The predicted molar refractivity (Wildman–Crippen MR) is 69.5 cm³/mol. The summed E-state index contributed by atoms with van der Waals surface area (Å²) < 4.78 is 77.6. The third-order valence-corrected chi connectivity index (χ3v) is 3.97. The van der Waals surface area contributed by atoms with E-state index in [1.807, 2.05) is 0 Å². The fourth-order valence-corrected chi connectivity index (χ4v) is 2.67. The Balaban J connectivity index is 2.20. The summed E-state index contributed by atoms with van der Waals surface area (Å²) in [6, 6.07) is 2.62. The lowest BCUT2D eigenvalue weighted by atomic mass is 10.1. The van der Waals surface area contributed by atoms with Gasteiger partial charge in [0.25, 0.3) is 10.0 Å². The van der Waals surface area contributed by atoms with Crippen LogP contribution in [-0.2, 0) is 21.2 Å². The van der Waals surface area contributed by atoms with Crippen molar-refractivity contribution in [3.05, 3.63) is 59.3 Å². The monoisotopic (exact) mass is 348 g/mol. The first-order valence-electron chi connectivity index (χ1n) is 6.00. The third kappa shape index (κ3) is 3.83. The SMILES string of the molecule is O=C(Cc1cc(F)c(F)cc1F)NS(=O)(=O)c1ncccc1F. The minimum atomic E-state index is -4.62. The quantitative estimate of drug-likeness (QED) is 0.674. The average Bonchev–Trinajstić information content (AvgIpc) is 2.44. The van der Waals surface area contributed by atoms with Gasteiger partial charge in [-0.05, 0) is 18.2 Å². The Morgan fingerprint density at radius 1 is 1.04 bits per heavy atom. The van der Waals surface area contributed by atoms with Gasteiger partial charge in [0, 0.05) is 17.8 Å². The van der Waals surface area contributed by atoms with E-state index in [-0.39, 0.29) is 6.07 Å². The highest BCUT2D eigenvalue weighted by Gasteiger charge is 2.24. The number of aromatic nitrogens is 1. The van der Waals surface area contributed by atoms with Gasteiger partial charge < -0.3 is 0 Å². The number of halogens is 4. The Bertz CT molecular complexity index is 872. The first-order chi connectivity index (χ1) is 10.7. The Morgan fingerprint density at radius 2 is 1.70 bits per heavy atom. The summed E-state index contributed by atoms with van der Waals surface area (Å²) in [5.74, 6) is -6.52. The van der Waals surface area contributed by atoms with Gasteiger partial charge in [-0.25, -0.2) is 27.3 Å². The zero-order chi connectivity index (χ0) is 17.2. The number of sulfonamides is 1. The molecule has 2 rings (SSSR count). The second-order valence-corrected chi connectivity index (χ2v) is 5.95. The molecule has 1 amide bonds. The average molecular weight is 348 g/mol. The lowest BCUT2D eigenvalue weighted by Crippen LogP contribution is -2.33. The first kappa shape index (κ1) is 16.9. The van der Waals surface area contributed by atoms with Gasteiger partial charge in [0.15, 0.2) is 17.5 Å². The molecule has 1 heterocycles. The van der Waals surface area contributed by atoms with Crippen molar-refractivity contribution >= 4 is 15.9 Å². The van der Waals surface area contributed by atoms with Gasteiger partial charge >= 0.3 is 0 Å². The highest BCUT2D eigenvalue weighted by atomic mass is 32.2. The molecule has 0 saturated carbocycles. The van der Waals surface area contributed by atoms with Crippen LogP contribution in [0.3, 0.4) is 0 Å². The number of hydrogen-bond donors (Lipinski definition) is 1. The van der Waals surface area contributed by atoms with E-state index < -0.39 is 56.2 Å². The third-order valence-electron chi connectivity index (χ3n) is 2.67. The minimum absolute atomic E-state index is 0.227. The van der Waals surface area contributed by atoms with Gasteiger partial charge in [-0.2, -0.15) is 8.42 Å². The lowest BCUT2D eigenvalue weighted by Gasteiger charge is -2.08. The molecule has 23 heavy (non-hydrogen) atoms. The van der Waals surface area contributed by atoms with Crippen molar-refractivity contribution in [1.29, 1.82) is 0 Å². The maximum Gasteiger partial charge on any atom is 0.284 e. The molecule has 1 aromatic heterocycles. The molecule has 0 unspecified atom stereocenters. The molecule has 5 nitrogen and oxygen atoms in total. The summed E-state index contributed by atoms with van der Waals surface area (Å²) >= 11 is 0. The smallest absolute Gasteiger partial charge is 0.274 e. The summed E-state index contributed by atoms with van der Waals surface area (Å²) in [5.41, 5.74) is -0.557. The molecule has 122 valence electrons. The Kier molecular flexibility index (Phi) is 4.64. The summed E-state index contributed by atoms with van der Waals surface area (Å²) in [6.45, 7) is 0. The van der Waals surface area contributed by atoms with Gasteiger partial charge in [0.05, 0.1) is 6.42 Å². The number of rotatable bonds is 4. The number of pyridine rings is 1. The minimum Gasteiger partial charge on any atom is -0.274 e. The summed E-state index contributed by atoms with van der Waals surface area (Å²) in [6.07, 6.45) is 0.105. The summed E-state index contributed by atoms with van der Waals surface area (Å²) in [7, 11) is -4.62. The van der Waals surface area contributed by atoms with Crippen LogP contribution in [0.5, 0.6) is 0 Å². The molecule has 0 aliphatic heterocycles. The van der Waals surface area contributed by atoms with Crippen molar-refractivity contribution in [2.75, 3.05) is 0 Å². The van der Waals surface area contributed by atoms with E-state index in [0.717, 1.165) is 18.3 Å². The molecule has 0 aliphatic rings. The first-order valence-corrected chi connectivity index (χ1v) is 7.48. The lowest BCUT2D eigenvalue weighted by molar-refractivity contribution is -0.118.